The zero-order chi connectivity index (χ0) is 13.9. The van der Waals surface area contributed by atoms with Gasteiger partial charge in [0.2, 0.25) is 0 Å². The lowest BCUT2D eigenvalue weighted by molar-refractivity contribution is 0.0856. The number of methoxy groups -OCH3 is 1. The second-order valence-electron chi connectivity index (χ2n) is 5.47. The van der Waals surface area contributed by atoms with Crippen LogP contribution >= 0.6 is 11.3 Å². The van der Waals surface area contributed by atoms with Crippen molar-refractivity contribution in [1.82, 2.24) is 4.90 Å². The van der Waals surface area contributed by atoms with E-state index in [9.17, 15) is 0 Å². The van der Waals surface area contributed by atoms with E-state index in [1.54, 1.807) is 7.11 Å². The van der Waals surface area contributed by atoms with E-state index in [0.29, 0.717) is 6.04 Å². The van der Waals surface area contributed by atoms with Gasteiger partial charge in [0.05, 0.1) is 12.6 Å². The zero-order valence-corrected chi connectivity index (χ0v) is 12.7. The third-order valence-corrected chi connectivity index (χ3v) is 5.18. The van der Waals surface area contributed by atoms with Crippen LogP contribution in [0.25, 0.3) is 10.1 Å². The molecule has 0 amide bonds. The molecular formula is C16H22N2OS. The molecule has 1 aliphatic rings. The molecule has 1 fully saturated rings. The van der Waals surface area contributed by atoms with Crippen LogP contribution < -0.4 is 5.73 Å². The summed E-state index contributed by atoms with van der Waals surface area (Å²) in [7, 11) is 1.76. The Morgan fingerprint density at radius 2 is 2.25 bits per heavy atom. The quantitative estimate of drug-likeness (QED) is 0.940. The summed E-state index contributed by atoms with van der Waals surface area (Å²) in [5, 5.41) is 3.66. The number of ether oxygens (including phenoxy) is 1. The molecule has 0 radical (unpaired) electrons. The highest BCUT2D eigenvalue weighted by Crippen LogP contribution is 2.37. The third kappa shape index (κ3) is 2.61. The van der Waals surface area contributed by atoms with Gasteiger partial charge in [0.15, 0.2) is 0 Å². The van der Waals surface area contributed by atoms with Crippen LogP contribution in [0.4, 0.5) is 0 Å². The van der Waals surface area contributed by atoms with E-state index in [-0.39, 0.29) is 6.04 Å². The van der Waals surface area contributed by atoms with Gasteiger partial charge in [-0.15, -0.1) is 11.3 Å². The second-order valence-corrected chi connectivity index (χ2v) is 6.38. The van der Waals surface area contributed by atoms with Crippen molar-refractivity contribution in [2.45, 2.75) is 24.9 Å². The van der Waals surface area contributed by atoms with Gasteiger partial charge in [0.25, 0.3) is 0 Å². The Morgan fingerprint density at radius 3 is 3.10 bits per heavy atom. The molecule has 108 valence electrons. The van der Waals surface area contributed by atoms with E-state index in [4.69, 9.17) is 10.5 Å². The van der Waals surface area contributed by atoms with Gasteiger partial charge in [-0.3, -0.25) is 4.90 Å². The maximum Gasteiger partial charge on any atom is 0.0589 e. The van der Waals surface area contributed by atoms with Crippen LogP contribution in [0.15, 0.2) is 29.6 Å². The van der Waals surface area contributed by atoms with Crippen LogP contribution in [-0.2, 0) is 4.74 Å². The SMILES string of the molecule is COCCN1CCCC(N)C1c1csc2ccccc12. The summed E-state index contributed by atoms with van der Waals surface area (Å²) < 4.78 is 6.61. The van der Waals surface area contributed by atoms with Gasteiger partial charge in [0.1, 0.15) is 0 Å². The van der Waals surface area contributed by atoms with Gasteiger partial charge in [-0.1, -0.05) is 18.2 Å². The summed E-state index contributed by atoms with van der Waals surface area (Å²) in [4.78, 5) is 2.49. The first-order valence-electron chi connectivity index (χ1n) is 7.26. The van der Waals surface area contributed by atoms with Crippen LogP contribution in [0.1, 0.15) is 24.4 Å². The number of nitrogens with zero attached hydrogens (tertiary/aromatic N) is 1. The fourth-order valence-electron chi connectivity index (χ4n) is 3.21. The number of nitrogens with two attached hydrogens (primary N) is 1. The highest BCUT2D eigenvalue weighted by atomic mass is 32.1. The molecule has 4 heteroatoms. The summed E-state index contributed by atoms with van der Waals surface area (Å²) in [6.07, 6.45) is 2.29. The van der Waals surface area contributed by atoms with Crippen LogP contribution in [0, 0.1) is 0 Å². The average molecular weight is 290 g/mol. The molecule has 2 unspecified atom stereocenters. The molecule has 2 N–H and O–H groups in total. The number of piperidine rings is 1. The van der Waals surface area contributed by atoms with E-state index in [1.807, 2.05) is 11.3 Å². The van der Waals surface area contributed by atoms with Crippen molar-refractivity contribution in [3.8, 4) is 0 Å². The van der Waals surface area contributed by atoms with Gasteiger partial charge in [-0.25, -0.2) is 0 Å². The fourth-order valence-corrected chi connectivity index (χ4v) is 4.20. The standard InChI is InChI=1S/C16H22N2OS/c1-19-10-9-18-8-4-6-14(17)16(18)13-11-20-15-7-3-2-5-12(13)15/h2-3,5,7,11,14,16H,4,6,8-10,17H2,1H3. The highest BCUT2D eigenvalue weighted by Gasteiger charge is 2.31. The minimum absolute atomic E-state index is 0.221. The Balaban J connectivity index is 1.95. The Labute approximate surface area is 124 Å². The number of hydrogen-bond acceptors (Lipinski definition) is 4. The number of rotatable bonds is 4. The lowest BCUT2D eigenvalue weighted by Crippen LogP contribution is -2.46. The molecule has 2 heterocycles. The molecule has 0 bridgehead atoms. The molecular weight excluding hydrogens is 268 g/mol. The highest BCUT2D eigenvalue weighted by molar-refractivity contribution is 7.17. The van der Waals surface area contributed by atoms with Gasteiger partial charge in [-0.05, 0) is 41.8 Å². The van der Waals surface area contributed by atoms with Gasteiger partial charge < -0.3 is 10.5 Å². The van der Waals surface area contributed by atoms with Crippen molar-refractivity contribution in [2.75, 3.05) is 26.8 Å². The average Bonchev–Trinajstić information content (AvgIpc) is 2.89. The normalized spacial score (nSPS) is 24.3. The molecule has 0 spiro atoms. The number of benzene rings is 1. The minimum atomic E-state index is 0.221. The summed E-state index contributed by atoms with van der Waals surface area (Å²) in [5.41, 5.74) is 7.84. The van der Waals surface area contributed by atoms with Crippen LogP contribution in [-0.4, -0.2) is 37.7 Å². The van der Waals surface area contributed by atoms with E-state index < -0.39 is 0 Å². The number of hydrogen-bond donors (Lipinski definition) is 1. The third-order valence-electron chi connectivity index (χ3n) is 4.19. The van der Waals surface area contributed by atoms with Crippen LogP contribution in [0.2, 0.25) is 0 Å². The van der Waals surface area contributed by atoms with Crippen molar-refractivity contribution < 1.29 is 4.74 Å². The molecule has 1 aromatic carbocycles. The van der Waals surface area contributed by atoms with Gasteiger partial charge >= 0.3 is 0 Å². The monoisotopic (exact) mass is 290 g/mol. The van der Waals surface area contributed by atoms with Crippen molar-refractivity contribution in [3.63, 3.8) is 0 Å². The molecule has 3 rings (SSSR count). The molecule has 1 aromatic heterocycles. The number of likely N-dealkylation sites (tertiary alicyclic amines) is 1. The van der Waals surface area contributed by atoms with E-state index in [1.165, 1.54) is 22.1 Å². The first-order chi connectivity index (χ1) is 9.81. The molecule has 0 saturated carbocycles. The van der Waals surface area contributed by atoms with Gasteiger partial charge in [-0.2, -0.15) is 0 Å². The molecule has 2 atom stereocenters. The fraction of sp³-hybridized carbons (Fsp3) is 0.500. The van der Waals surface area contributed by atoms with Crippen LogP contribution in [0.3, 0.4) is 0 Å². The molecule has 1 aliphatic heterocycles. The Kier molecular flexibility index (Phi) is 4.36. The zero-order valence-electron chi connectivity index (χ0n) is 11.9. The predicted molar refractivity (Wildman–Crippen MR) is 85.2 cm³/mol. The topological polar surface area (TPSA) is 38.5 Å². The maximum atomic E-state index is 6.45. The number of fused-ring (bicyclic) bond motifs is 1. The van der Waals surface area contributed by atoms with Crippen LogP contribution in [0.5, 0.6) is 0 Å². The predicted octanol–water partition coefficient (Wildman–Crippen LogP) is 3.01. The molecule has 1 saturated heterocycles. The summed E-state index contributed by atoms with van der Waals surface area (Å²) >= 11 is 1.82. The van der Waals surface area contributed by atoms with E-state index >= 15 is 0 Å². The Bertz CT molecular complexity index is 568. The summed E-state index contributed by atoms with van der Waals surface area (Å²) in [6.45, 7) is 2.84. The first kappa shape index (κ1) is 14.0. The minimum Gasteiger partial charge on any atom is -0.383 e. The lowest BCUT2D eigenvalue weighted by atomic mass is 9.91. The van der Waals surface area contributed by atoms with E-state index in [0.717, 1.165) is 26.1 Å². The smallest absolute Gasteiger partial charge is 0.0589 e. The van der Waals surface area contributed by atoms with Crippen molar-refractivity contribution in [1.29, 1.82) is 0 Å². The van der Waals surface area contributed by atoms with Crippen molar-refractivity contribution in [2.24, 2.45) is 5.73 Å². The molecule has 2 aromatic rings. The van der Waals surface area contributed by atoms with E-state index in [2.05, 4.69) is 34.5 Å². The molecule has 20 heavy (non-hydrogen) atoms. The Morgan fingerprint density at radius 1 is 1.40 bits per heavy atom. The second kappa shape index (κ2) is 6.22. The lowest BCUT2D eigenvalue weighted by Gasteiger charge is -2.39. The Hall–Kier alpha value is -0.940. The molecule has 0 aliphatic carbocycles. The number of thiophene rings is 1. The first-order valence-corrected chi connectivity index (χ1v) is 8.14. The summed E-state index contributed by atoms with van der Waals surface area (Å²) in [6, 6.07) is 9.18. The van der Waals surface area contributed by atoms with Crippen molar-refractivity contribution >= 4 is 21.4 Å². The van der Waals surface area contributed by atoms with Crippen molar-refractivity contribution in [3.05, 3.63) is 35.2 Å². The summed E-state index contributed by atoms with van der Waals surface area (Å²) in [5.74, 6) is 0. The maximum absolute atomic E-state index is 6.45. The largest absolute Gasteiger partial charge is 0.383 e. The molecule has 3 nitrogen and oxygen atoms in total. The van der Waals surface area contributed by atoms with Gasteiger partial charge in [0, 0.05) is 24.4 Å².